The first-order valence-electron chi connectivity index (χ1n) is 6.53. The maximum atomic E-state index is 3.45. The van der Waals surface area contributed by atoms with Gasteiger partial charge in [-0.15, -0.1) is 0 Å². The highest BCUT2D eigenvalue weighted by atomic mass is 15.1. The number of nitrogens with zero attached hydrogens (tertiary/aromatic N) is 1. The van der Waals surface area contributed by atoms with E-state index >= 15 is 0 Å². The van der Waals surface area contributed by atoms with Crippen molar-refractivity contribution < 1.29 is 0 Å². The molecule has 90 valence electrons. The lowest BCUT2D eigenvalue weighted by Gasteiger charge is -2.33. The van der Waals surface area contributed by atoms with E-state index in [1.54, 1.807) is 0 Å². The number of nitrogens with one attached hydrogen (secondary N) is 1. The molecule has 1 aliphatic rings. The molecule has 0 amide bonds. The molecular formula is C13H28N2. The van der Waals surface area contributed by atoms with Crippen molar-refractivity contribution in [1.82, 2.24) is 10.2 Å². The lowest BCUT2D eigenvalue weighted by atomic mass is 9.85. The Morgan fingerprint density at radius 1 is 1.40 bits per heavy atom. The average molecular weight is 212 g/mol. The second-order valence-corrected chi connectivity index (χ2v) is 5.30. The molecule has 0 saturated heterocycles. The van der Waals surface area contributed by atoms with Crippen LogP contribution in [0.1, 0.15) is 39.5 Å². The van der Waals surface area contributed by atoms with E-state index in [0.29, 0.717) is 6.04 Å². The summed E-state index contributed by atoms with van der Waals surface area (Å²) >= 11 is 0. The van der Waals surface area contributed by atoms with Gasteiger partial charge in [0.05, 0.1) is 0 Å². The fourth-order valence-electron chi connectivity index (χ4n) is 2.37. The normalized spacial score (nSPS) is 21.4. The second-order valence-electron chi connectivity index (χ2n) is 5.30. The SMILES string of the molecule is CCC(C)C(CN(C)CC1CCC1)NC. The van der Waals surface area contributed by atoms with Crippen molar-refractivity contribution in [1.29, 1.82) is 0 Å². The highest BCUT2D eigenvalue weighted by molar-refractivity contribution is 4.77. The smallest absolute Gasteiger partial charge is 0.0217 e. The first-order chi connectivity index (χ1) is 7.17. The van der Waals surface area contributed by atoms with Gasteiger partial charge in [-0.2, -0.15) is 0 Å². The Morgan fingerprint density at radius 2 is 2.07 bits per heavy atom. The Morgan fingerprint density at radius 3 is 2.47 bits per heavy atom. The van der Waals surface area contributed by atoms with Crippen LogP contribution in [0.5, 0.6) is 0 Å². The lowest BCUT2D eigenvalue weighted by molar-refractivity contribution is 0.179. The maximum Gasteiger partial charge on any atom is 0.0217 e. The van der Waals surface area contributed by atoms with E-state index in [-0.39, 0.29) is 0 Å². The summed E-state index contributed by atoms with van der Waals surface area (Å²) in [5, 5.41) is 3.45. The molecule has 0 aromatic rings. The summed E-state index contributed by atoms with van der Waals surface area (Å²) in [5.41, 5.74) is 0. The van der Waals surface area contributed by atoms with Gasteiger partial charge in [-0.1, -0.05) is 26.7 Å². The van der Waals surface area contributed by atoms with Crippen LogP contribution in [0, 0.1) is 11.8 Å². The van der Waals surface area contributed by atoms with E-state index in [1.165, 1.54) is 38.8 Å². The summed E-state index contributed by atoms with van der Waals surface area (Å²) in [6.45, 7) is 7.12. The van der Waals surface area contributed by atoms with Crippen LogP contribution in [0.2, 0.25) is 0 Å². The first kappa shape index (κ1) is 13.0. The number of hydrogen-bond acceptors (Lipinski definition) is 2. The zero-order chi connectivity index (χ0) is 11.3. The van der Waals surface area contributed by atoms with Crippen LogP contribution >= 0.6 is 0 Å². The number of likely N-dealkylation sites (N-methyl/N-ethyl adjacent to an activating group) is 2. The van der Waals surface area contributed by atoms with Gasteiger partial charge in [0.1, 0.15) is 0 Å². The molecule has 1 N–H and O–H groups in total. The molecule has 2 atom stereocenters. The van der Waals surface area contributed by atoms with E-state index in [9.17, 15) is 0 Å². The Balaban J connectivity index is 2.23. The molecule has 0 aromatic heterocycles. The van der Waals surface area contributed by atoms with E-state index in [0.717, 1.165) is 11.8 Å². The minimum absolute atomic E-state index is 0.653. The van der Waals surface area contributed by atoms with Crippen LogP contribution < -0.4 is 5.32 Å². The minimum atomic E-state index is 0.653. The average Bonchev–Trinajstić information content (AvgIpc) is 2.19. The van der Waals surface area contributed by atoms with Crippen molar-refractivity contribution in [3.8, 4) is 0 Å². The predicted molar refractivity (Wildman–Crippen MR) is 67.1 cm³/mol. The molecule has 1 rings (SSSR count). The highest BCUT2D eigenvalue weighted by Crippen LogP contribution is 2.26. The Bertz CT molecular complexity index is 166. The largest absolute Gasteiger partial charge is 0.315 e. The van der Waals surface area contributed by atoms with Gasteiger partial charge in [0.15, 0.2) is 0 Å². The maximum absolute atomic E-state index is 3.45. The molecule has 1 fully saturated rings. The summed E-state index contributed by atoms with van der Waals surface area (Å²) < 4.78 is 0. The summed E-state index contributed by atoms with van der Waals surface area (Å²) in [7, 11) is 4.36. The van der Waals surface area contributed by atoms with Gasteiger partial charge in [0.2, 0.25) is 0 Å². The van der Waals surface area contributed by atoms with Crippen molar-refractivity contribution in [2.75, 3.05) is 27.2 Å². The first-order valence-corrected chi connectivity index (χ1v) is 6.53. The molecule has 0 radical (unpaired) electrons. The molecule has 2 unspecified atom stereocenters. The van der Waals surface area contributed by atoms with Gasteiger partial charge in [-0.25, -0.2) is 0 Å². The van der Waals surface area contributed by atoms with Gasteiger partial charge in [-0.3, -0.25) is 0 Å². The third-order valence-electron chi connectivity index (χ3n) is 4.00. The molecule has 2 heteroatoms. The molecule has 2 nitrogen and oxygen atoms in total. The summed E-state index contributed by atoms with van der Waals surface area (Å²) in [5.74, 6) is 1.77. The second kappa shape index (κ2) is 6.49. The van der Waals surface area contributed by atoms with Crippen molar-refractivity contribution in [3.63, 3.8) is 0 Å². The topological polar surface area (TPSA) is 15.3 Å². The number of hydrogen-bond donors (Lipinski definition) is 1. The summed E-state index contributed by atoms with van der Waals surface area (Å²) in [4.78, 5) is 2.51. The van der Waals surface area contributed by atoms with Crippen molar-refractivity contribution in [2.24, 2.45) is 11.8 Å². The zero-order valence-corrected chi connectivity index (χ0v) is 10.9. The Kier molecular flexibility index (Phi) is 5.62. The van der Waals surface area contributed by atoms with Crippen LogP contribution in [-0.2, 0) is 0 Å². The van der Waals surface area contributed by atoms with Crippen molar-refractivity contribution >= 4 is 0 Å². The van der Waals surface area contributed by atoms with Crippen LogP contribution in [0.25, 0.3) is 0 Å². The van der Waals surface area contributed by atoms with Crippen LogP contribution in [-0.4, -0.2) is 38.1 Å². The number of rotatable bonds is 7. The van der Waals surface area contributed by atoms with Crippen LogP contribution in [0.15, 0.2) is 0 Å². The monoisotopic (exact) mass is 212 g/mol. The molecule has 1 saturated carbocycles. The molecule has 1 aliphatic carbocycles. The van der Waals surface area contributed by atoms with Gasteiger partial charge in [-0.05, 0) is 38.8 Å². The fraction of sp³-hybridized carbons (Fsp3) is 1.00. The summed E-state index contributed by atoms with van der Waals surface area (Å²) in [6.07, 6.45) is 5.64. The van der Waals surface area contributed by atoms with E-state index in [1.807, 2.05) is 0 Å². The van der Waals surface area contributed by atoms with E-state index in [2.05, 4.69) is 38.2 Å². The van der Waals surface area contributed by atoms with Crippen LogP contribution in [0.4, 0.5) is 0 Å². The predicted octanol–water partition coefficient (Wildman–Crippen LogP) is 2.35. The quantitative estimate of drug-likeness (QED) is 0.697. The minimum Gasteiger partial charge on any atom is -0.315 e. The van der Waals surface area contributed by atoms with Gasteiger partial charge < -0.3 is 10.2 Å². The highest BCUT2D eigenvalue weighted by Gasteiger charge is 2.21. The molecule has 0 aliphatic heterocycles. The zero-order valence-electron chi connectivity index (χ0n) is 10.9. The molecule has 0 aromatic carbocycles. The fourth-order valence-corrected chi connectivity index (χ4v) is 2.37. The standard InChI is InChI=1S/C13H28N2/c1-5-11(2)13(14-3)10-15(4)9-12-7-6-8-12/h11-14H,5-10H2,1-4H3. The molecule has 0 heterocycles. The summed E-state index contributed by atoms with van der Waals surface area (Å²) in [6, 6.07) is 0.653. The van der Waals surface area contributed by atoms with Gasteiger partial charge in [0, 0.05) is 19.1 Å². The molecule has 15 heavy (non-hydrogen) atoms. The van der Waals surface area contributed by atoms with Gasteiger partial charge >= 0.3 is 0 Å². The van der Waals surface area contributed by atoms with E-state index in [4.69, 9.17) is 0 Å². The Labute approximate surface area is 95.4 Å². The Hall–Kier alpha value is -0.0800. The molecular weight excluding hydrogens is 184 g/mol. The van der Waals surface area contributed by atoms with Gasteiger partial charge in [0.25, 0.3) is 0 Å². The lowest BCUT2D eigenvalue weighted by Crippen LogP contribution is -2.43. The third kappa shape index (κ3) is 4.12. The van der Waals surface area contributed by atoms with E-state index < -0.39 is 0 Å². The third-order valence-corrected chi connectivity index (χ3v) is 4.00. The van der Waals surface area contributed by atoms with Crippen molar-refractivity contribution in [2.45, 2.75) is 45.6 Å². The van der Waals surface area contributed by atoms with Crippen LogP contribution in [0.3, 0.4) is 0 Å². The molecule has 0 bridgehead atoms. The molecule has 0 spiro atoms. The van der Waals surface area contributed by atoms with Crippen molar-refractivity contribution in [3.05, 3.63) is 0 Å².